The van der Waals surface area contributed by atoms with Gasteiger partial charge in [-0.15, -0.1) is 0 Å². The van der Waals surface area contributed by atoms with Crippen LogP contribution in [0.3, 0.4) is 0 Å². The minimum Gasteiger partial charge on any atom is -0.389 e. The first-order chi connectivity index (χ1) is 9.54. The highest BCUT2D eigenvalue weighted by atomic mass is 79.9. The molecule has 0 amide bonds. The first-order valence-electron chi connectivity index (χ1n) is 6.81. The lowest BCUT2D eigenvalue weighted by molar-refractivity contribution is -0.0315. The Bertz CT molecular complexity index is 389. The molecular weight excluding hydrogens is 322 g/mol. The van der Waals surface area contributed by atoms with Crippen molar-refractivity contribution in [2.45, 2.75) is 32.1 Å². The number of hydrogen-bond donors (Lipinski definition) is 2. The van der Waals surface area contributed by atoms with Crippen molar-refractivity contribution in [3.63, 3.8) is 0 Å². The van der Waals surface area contributed by atoms with Crippen LogP contribution in [0.1, 0.15) is 25.5 Å². The highest BCUT2D eigenvalue weighted by Crippen LogP contribution is 2.22. The third kappa shape index (κ3) is 6.33. The van der Waals surface area contributed by atoms with E-state index in [-0.39, 0.29) is 12.1 Å². The van der Waals surface area contributed by atoms with Crippen LogP contribution >= 0.6 is 15.9 Å². The third-order valence-electron chi connectivity index (χ3n) is 3.01. The highest BCUT2D eigenvalue weighted by Gasteiger charge is 2.12. The lowest BCUT2D eigenvalue weighted by Gasteiger charge is -2.20. The Balaban J connectivity index is 2.30. The predicted molar refractivity (Wildman–Crippen MR) is 83.9 cm³/mol. The van der Waals surface area contributed by atoms with Crippen LogP contribution < -0.4 is 5.32 Å². The summed E-state index contributed by atoms with van der Waals surface area (Å²) in [5.41, 5.74) is 1.17. The molecule has 5 heteroatoms. The standard InChI is InChI=1S/C15H24BrNO3/c1-11(9-19-3)20-10-13(18)8-17-12(2)14-6-4-5-7-15(14)16/h4-7,11-13,17-18H,8-10H2,1-3H3/t11?,12-,13?/m1/s1. The molecule has 114 valence electrons. The number of nitrogens with one attached hydrogen (secondary N) is 1. The molecule has 0 aliphatic heterocycles. The zero-order valence-electron chi connectivity index (χ0n) is 12.3. The van der Waals surface area contributed by atoms with E-state index in [2.05, 4.69) is 34.2 Å². The van der Waals surface area contributed by atoms with Gasteiger partial charge >= 0.3 is 0 Å². The van der Waals surface area contributed by atoms with Crippen LogP contribution in [-0.2, 0) is 9.47 Å². The van der Waals surface area contributed by atoms with E-state index >= 15 is 0 Å². The fourth-order valence-electron chi connectivity index (χ4n) is 1.87. The van der Waals surface area contributed by atoms with Crippen molar-refractivity contribution < 1.29 is 14.6 Å². The monoisotopic (exact) mass is 345 g/mol. The maximum Gasteiger partial charge on any atom is 0.0898 e. The Morgan fingerprint density at radius 3 is 2.60 bits per heavy atom. The topological polar surface area (TPSA) is 50.7 Å². The second-order valence-corrected chi connectivity index (χ2v) is 5.76. The van der Waals surface area contributed by atoms with Crippen molar-refractivity contribution in [3.05, 3.63) is 34.3 Å². The van der Waals surface area contributed by atoms with Crippen molar-refractivity contribution in [2.24, 2.45) is 0 Å². The van der Waals surface area contributed by atoms with Gasteiger partial charge in [0.2, 0.25) is 0 Å². The van der Waals surface area contributed by atoms with Crippen LogP contribution in [0.5, 0.6) is 0 Å². The summed E-state index contributed by atoms with van der Waals surface area (Å²) in [6.07, 6.45) is -0.533. The van der Waals surface area contributed by atoms with Gasteiger partial charge in [0.05, 0.1) is 25.4 Å². The van der Waals surface area contributed by atoms with E-state index in [0.29, 0.717) is 19.8 Å². The van der Waals surface area contributed by atoms with Gasteiger partial charge in [-0.25, -0.2) is 0 Å². The van der Waals surface area contributed by atoms with E-state index in [0.717, 1.165) is 4.47 Å². The quantitative estimate of drug-likeness (QED) is 0.722. The molecule has 1 aromatic rings. The van der Waals surface area contributed by atoms with Gasteiger partial charge in [0, 0.05) is 24.2 Å². The minimum absolute atomic E-state index is 0.00431. The van der Waals surface area contributed by atoms with E-state index in [9.17, 15) is 5.11 Å². The molecule has 4 nitrogen and oxygen atoms in total. The number of benzene rings is 1. The third-order valence-corrected chi connectivity index (χ3v) is 3.73. The zero-order valence-corrected chi connectivity index (χ0v) is 13.9. The minimum atomic E-state index is -0.528. The fraction of sp³-hybridized carbons (Fsp3) is 0.600. The Kier molecular flexibility index (Phi) is 8.33. The molecule has 2 unspecified atom stereocenters. The average molecular weight is 346 g/mol. The smallest absolute Gasteiger partial charge is 0.0898 e. The number of hydrogen-bond acceptors (Lipinski definition) is 4. The number of aliphatic hydroxyl groups excluding tert-OH is 1. The van der Waals surface area contributed by atoms with Crippen molar-refractivity contribution in [3.8, 4) is 0 Å². The van der Waals surface area contributed by atoms with Gasteiger partial charge < -0.3 is 19.9 Å². The summed E-state index contributed by atoms with van der Waals surface area (Å²) in [5.74, 6) is 0. The number of methoxy groups -OCH3 is 1. The summed E-state index contributed by atoms with van der Waals surface area (Å²) in [6, 6.07) is 8.23. The van der Waals surface area contributed by atoms with Crippen LogP contribution in [0.2, 0.25) is 0 Å². The van der Waals surface area contributed by atoms with Crippen LogP contribution in [-0.4, -0.2) is 44.2 Å². The molecule has 0 saturated carbocycles. The van der Waals surface area contributed by atoms with Crippen LogP contribution in [0.25, 0.3) is 0 Å². The Morgan fingerprint density at radius 2 is 1.95 bits per heavy atom. The number of aliphatic hydroxyl groups is 1. The van der Waals surface area contributed by atoms with E-state index < -0.39 is 6.10 Å². The largest absolute Gasteiger partial charge is 0.389 e. The zero-order chi connectivity index (χ0) is 15.0. The van der Waals surface area contributed by atoms with E-state index in [4.69, 9.17) is 9.47 Å². The first-order valence-corrected chi connectivity index (χ1v) is 7.60. The molecule has 0 aliphatic carbocycles. The molecule has 0 aromatic heterocycles. The molecule has 20 heavy (non-hydrogen) atoms. The van der Waals surface area contributed by atoms with Gasteiger partial charge in [0.25, 0.3) is 0 Å². The Morgan fingerprint density at radius 1 is 1.25 bits per heavy atom. The molecule has 0 aliphatic rings. The fourth-order valence-corrected chi connectivity index (χ4v) is 2.49. The van der Waals surface area contributed by atoms with Crippen molar-refractivity contribution >= 4 is 15.9 Å². The summed E-state index contributed by atoms with van der Waals surface area (Å²) in [4.78, 5) is 0. The van der Waals surface area contributed by atoms with Gasteiger partial charge in [-0.3, -0.25) is 0 Å². The molecule has 0 spiro atoms. The average Bonchev–Trinajstić information content (AvgIpc) is 2.43. The predicted octanol–water partition coefficient (Wildman–Crippen LogP) is 2.51. The molecule has 1 aromatic carbocycles. The lowest BCUT2D eigenvalue weighted by Crippen LogP contribution is -2.33. The number of halogens is 1. The van der Waals surface area contributed by atoms with E-state index in [1.54, 1.807) is 7.11 Å². The van der Waals surface area contributed by atoms with Gasteiger partial charge in [-0.1, -0.05) is 34.1 Å². The second-order valence-electron chi connectivity index (χ2n) is 4.90. The maximum atomic E-state index is 9.89. The molecule has 3 atom stereocenters. The van der Waals surface area contributed by atoms with Crippen molar-refractivity contribution in [1.82, 2.24) is 5.32 Å². The molecule has 0 radical (unpaired) electrons. The van der Waals surface area contributed by atoms with Gasteiger partial charge in [-0.05, 0) is 25.5 Å². The van der Waals surface area contributed by atoms with Crippen LogP contribution in [0, 0.1) is 0 Å². The SMILES string of the molecule is COCC(C)OCC(O)CN[C@H](C)c1ccccc1Br. The van der Waals surface area contributed by atoms with Crippen molar-refractivity contribution in [1.29, 1.82) is 0 Å². The first kappa shape index (κ1) is 17.6. The van der Waals surface area contributed by atoms with Gasteiger partial charge in [0.15, 0.2) is 0 Å². The summed E-state index contributed by atoms with van der Waals surface area (Å²) in [6.45, 7) is 5.32. The van der Waals surface area contributed by atoms with Gasteiger partial charge in [-0.2, -0.15) is 0 Å². The maximum absolute atomic E-state index is 9.89. The molecule has 0 saturated heterocycles. The Labute approximate surface area is 129 Å². The summed E-state index contributed by atoms with van der Waals surface area (Å²) < 4.78 is 11.5. The molecule has 0 heterocycles. The lowest BCUT2D eigenvalue weighted by atomic mass is 10.1. The highest BCUT2D eigenvalue weighted by molar-refractivity contribution is 9.10. The van der Waals surface area contributed by atoms with Gasteiger partial charge in [0.1, 0.15) is 0 Å². The second kappa shape index (κ2) is 9.47. The van der Waals surface area contributed by atoms with E-state index in [1.165, 1.54) is 5.56 Å². The van der Waals surface area contributed by atoms with Crippen LogP contribution in [0.15, 0.2) is 28.7 Å². The molecular formula is C15H24BrNO3. The van der Waals surface area contributed by atoms with Crippen molar-refractivity contribution in [2.75, 3.05) is 26.9 Å². The Hall–Kier alpha value is -0.460. The molecule has 0 bridgehead atoms. The molecule has 0 fully saturated rings. The number of rotatable bonds is 9. The molecule has 2 N–H and O–H groups in total. The summed E-state index contributed by atoms with van der Waals surface area (Å²) in [7, 11) is 1.64. The van der Waals surface area contributed by atoms with Crippen LogP contribution in [0.4, 0.5) is 0 Å². The summed E-state index contributed by atoms with van der Waals surface area (Å²) >= 11 is 3.53. The molecule has 1 rings (SSSR count). The summed E-state index contributed by atoms with van der Waals surface area (Å²) in [5, 5.41) is 13.2. The van der Waals surface area contributed by atoms with E-state index in [1.807, 2.05) is 25.1 Å². The normalized spacial score (nSPS) is 15.8. The number of ether oxygens (including phenoxy) is 2.